The second-order valence-corrected chi connectivity index (χ2v) is 7.89. The molecule has 33 heavy (non-hydrogen) atoms. The zero-order valence-electron chi connectivity index (χ0n) is 16.9. The first-order valence-electron chi connectivity index (χ1n) is 9.86. The number of carbonyl (C=O) groups is 2. The summed E-state index contributed by atoms with van der Waals surface area (Å²) in [4.78, 5) is 30.8. The Kier molecular flexibility index (Phi) is 5.07. The number of aliphatic carboxylic acids is 1. The molecule has 3 N–H and O–H groups in total. The van der Waals surface area contributed by atoms with Crippen LogP contribution in [0.2, 0.25) is 5.02 Å². The van der Waals surface area contributed by atoms with Gasteiger partial charge in [0.05, 0.1) is 12.1 Å². The number of carbonyl (C=O) groups excluding carboxylic acids is 1. The molecule has 9 heteroatoms. The van der Waals surface area contributed by atoms with Crippen molar-refractivity contribution in [3.05, 3.63) is 82.8 Å². The SMILES string of the molecule is O=C(O)Cc1ccc2oc(-c3ccc(NC(=O)c4cc5cc(Cl)ccc5[nH]4)c(F)c3)nc2c1. The lowest BCUT2D eigenvalue weighted by Gasteiger charge is -2.06. The molecule has 0 aliphatic rings. The zero-order valence-corrected chi connectivity index (χ0v) is 17.6. The first-order chi connectivity index (χ1) is 15.9. The minimum absolute atomic E-state index is 0.000272. The fraction of sp³-hybridized carbons (Fsp3) is 0.0417. The van der Waals surface area contributed by atoms with E-state index >= 15 is 0 Å². The van der Waals surface area contributed by atoms with Gasteiger partial charge in [-0.15, -0.1) is 0 Å². The number of nitrogens with zero attached hydrogens (tertiary/aromatic N) is 1. The highest BCUT2D eigenvalue weighted by Crippen LogP contribution is 2.28. The minimum Gasteiger partial charge on any atom is -0.481 e. The molecule has 0 aliphatic heterocycles. The number of halogens is 2. The Balaban J connectivity index is 1.38. The molecule has 2 aromatic heterocycles. The van der Waals surface area contributed by atoms with Gasteiger partial charge in [-0.2, -0.15) is 0 Å². The number of oxazole rings is 1. The van der Waals surface area contributed by atoms with Crippen molar-refractivity contribution in [2.45, 2.75) is 6.42 Å². The predicted octanol–water partition coefficient (Wildman–Crippen LogP) is 5.65. The topological polar surface area (TPSA) is 108 Å². The molecule has 0 saturated carbocycles. The quantitative estimate of drug-likeness (QED) is 0.312. The van der Waals surface area contributed by atoms with Gasteiger partial charge in [-0.1, -0.05) is 17.7 Å². The highest BCUT2D eigenvalue weighted by Gasteiger charge is 2.15. The lowest BCUT2D eigenvalue weighted by Crippen LogP contribution is -2.13. The minimum atomic E-state index is -0.950. The highest BCUT2D eigenvalue weighted by atomic mass is 35.5. The summed E-state index contributed by atoms with van der Waals surface area (Å²) in [6.45, 7) is 0. The van der Waals surface area contributed by atoms with Gasteiger partial charge >= 0.3 is 5.97 Å². The summed E-state index contributed by atoms with van der Waals surface area (Å²) in [6.07, 6.45) is -0.134. The van der Waals surface area contributed by atoms with Gasteiger partial charge in [0, 0.05) is 21.5 Å². The van der Waals surface area contributed by atoms with Gasteiger partial charge < -0.3 is 19.8 Å². The molecule has 0 bridgehead atoms. The van der Waals surface area contributed by atoms with Crippen LogP contribution in [-0.2, 0) is 11.2 Å². The average molecular weight is 464 g/mol. The normalized spacial score (nSPS) is 11.2. The maximum Gasteiger partial charge on any atom is 0.307 e. The maximum absolute atomic E-state index is 14.8. The summed E-state index contributed by atoms with van der Waals surface area (Å²) in [5.74, 6) is -1.92. The molecular weight excluding hydrogens is 449 g/mol. The number of fused-ring (bicyclic) bond motifs is 2. The van der Waals surface area contributed by atoms with Crippen molar-refractivity contribution in [1.29, 1.82) is 0 Å². The lowest BCUT2D eigenvalue weighted by atomic mass is 10.1. The Morgan fingerprint density at radius 3 is 2.73 bits per heavy atom. The van der Waals surface area contributed by atoms with Gasteiger partial charge in [0.2, 0.25) is 5.89 Å². The molecule has 0 spiro atoms. The van der Waals surface area contributed by atoms with Crippen LogP contribution < -0.4 is 5.32 Å². The molecule has 0 aliphatic carbocycles. The van der Waals surface area contributed by atoms with Crippen LogP contribution in [0.15, 0.2) is 65.1 Å². The van der Waals surface area contributed by atoms with Crippen molar-refractivity contribution in [3.8, 4) is 11.5 Å². The standard InChI is InChI=1S/C24H15ClFN3O4/c25-15-3-5-17-14(9-15)11-20(27-17)23(32)28-18-4-2-13(10-16(18)26)24-29-19-7-12(8-22(30)31)1-6-21(19)33-24/h1-7,9-11,27H,8H2,(H,28,32)(H,30,31). The number of carboxylic acid groups (broad SMARTS) is 1. The first kappa shape index (κ1) is 20.7. The van der Waals surface area contributed by atoms with E-state index < -0.39 is 17.7 Å². The number of hydrogen-bond acceptors (Lipinski definition) is 4. The third-order valence-corrected chi connectivity index (χ3v) is 5.33. The summed E-state index contributed by atoms with van der Waals surface area (Å²) >= 11 is 5.98. The number of carboxylic acids is 1. The fourth-order valence-electron chi connectivity index (χ4n) is 3.55. The Labute approximate surface area is 190 Å². The molecule has 5 aromatic rings. The second-order valence-electron chi connectivity index (χ2n) is 7.45. The third kappa shape index (κ3) is 4.16. The molecule has 5 rings (SSSR count). The second kappa shape index (κ2) is 8.07. The summed E-state index contributed by atoms with van der Waals surface area (Å²) in [6, 6.07) is 15.9. The van der Waals surface area contributed by atoms with Crippen LogP contribution in [0, 0.1) is 5.82 Å². The van der Waals surface area contributed by atoms with Gasteiger partial charge in [-0.25, -0.2) is 9.37 Å². The van der Waals surface area contributed by atoms with E-state index in [1.807, 2.05) is 0 Å². The summed E-state index contributed by atoms with van der Waals surface area (Å²) in [7, 11) is 0. The maximum atomic E-state index is 14.8. The largest absolute Gasteiger partial charge is 0.481 e. The van der Waals surface area contributed by atoms with Crippen molar-refractivity contribution >= 4 is 51.2 Å². The number of aromatic amines is 1. The van der Waals surface area contributed by atoms with Gasteiger partial charge in [0.15, 0.2) is 5.58 Å². The molecular formula is C24H15ClFN3O4. The number of nitrogens with one attached hydrogen (secondary N) is 2. The zero-order chi connectivity index (χ0) is 23.1. The Hall–Kier alpha value is -4.17. The van der Waals surface area contributed by atoms with Gasteiger partial charge in [-0.3, -0.25) is 9.59 Å². The van der Waals surface area contributed by atoms with Gasteiger partial charge in [0.25, 0.3) is 5.91 Å². The number of rotatable bonds is 5. The van der Waals surface area contributed by atoms with E-state index in [4.69, 9.17) is 21.1 Å². The van der Waals surface area contributed by atoms with Gasteiger partial charge in [0.1, 0.15) is 17.0 Å². The predicted molar refractivity (Wildman–Crippen MR) is 122 cm³/mol. The first-order valence-corrected chi connectivity index (χ1v) is 10.2. The molecule has 3 aromatic carbocycles. The third-order valence-electron chi connectivity index (χ3n) is 5.10. The van der Waals surface area contributed by atoms with Crippen LogP contribution in [-0.4, -0.2) is 27.0 Å². The number of anilines is 1. The molecule has 0 unspecified atom stereocenters. The van der Waals surface area contributed by atoms with E-state index in [-0.39, 0.29) is 23.7 Å². The van der Waals surface area contributed by atoms with Crippen LogP contribution in [0.25, 0.3) is 33.5 Å². The molecule has 0 atom stereocenters. The van der Waals surface area contributed by atoms with Crippen LogP contribution in [0.5, 0.6) is 0 Å². The summed E-state index contributed by atoms with van der Waals surface area (Å²) < 4.78 is 20.4. The number of H-pyrrole nitrogens is 1. The highest BCUT2D eigenvalue weighted by molar-refractivity contribution is 6.31. The molecule has 0 saturated heterocycles. The average Bonchev–Trinajstić information content (AvgIpc) is 3.38. The molecule has 2 heterocycles. The Morgan fingerprint density at radius 1 is 1.09 bits per heavy atom. The number of benzene rings is 3. The van der Waals surface area contributed by atoms with E-state index in [9.17, 15) is 14.0 Å². The van der Waals surface area contributed by atoms with E-state index in [2.05, 4.69) is 15.3 Å². The van der Waals surface area contributed by atoms with Crippen LogP contribution >= 0.6 is 11.6 Å². The Bertz CT molecular complexity index is 1560. The van der Waals surface area contributed by atoms with E-state index in [1.165, 1.54) is 12.1 Å². The monoisotopic (exact) mass is 463 g/mol. The van der Waals surface area contributed by atoms with Crippen molar-refractivity contribution in [3.63, 3.8) is 0 Å². The number of hydrogen-bond donors (Lipinski definition) is 3. The Morgan fingerprint density at radius 2 is 1.94 bits per heavy atom. The van der Waals surface area contributed by atoms with Crippen molar-refractivity contribution < 1.29 is 23.5 Å². The van der Waals surface area contributed by atoms with Crippen LogP contribution in [0.3, 0.4) is 0 Å². The number of aromatic nitrogens is 2. The van der Waals surface area contributed by atoms with E-state index in [0.717, 1.165) is 10.9 Å². The molecule has 1 amide bonds. The molecule has 0 fully saturated rings. The van der Waals surface area contributed by atoms with Crippen molar-refractivity contribution in [2.24, 2.45) is 0 Å². The van der Waals surface area contributed by atoms with E-state index in [0.29, 0.717) is 27.2 Å². The molecule has 7 nitrogen and oxygen atoms in total. The van der Waals surface area contributed by atoms with Gasteiger partial charge in [-0.05, 0) is 60.2 Å². The molecule has 164 valence electrons. The lowest BCUT2D eigenvalue weighted by molar-refractivity contribution is -0.136. The summed E-state index contributed by atoms with van der Waals surface area (Å²) in [5.41, 5.74) is 2.89. The smallest absolute Gasteiger partial charge is 0.307 e. The van der Waals surface area contributed by atoms with Crippen LogP contribution in [0.1, 0.15) is 16.1 Å². The number of amides is 1. The van der Waals surface area contributed by atoms with Crippen LogP contribution in [0.4, 0.5) is 10.1 Å². The van der Waals surface area contributed by atoms with Crippen molar-refractivity contribution in [2.75, 3.05) is 5.32 Å². The van der Waals surface area contributed by atoms with Crippen molar-refractivity contribution in [1.82, 2.24) is 9.97 Å². The fourth-order valence-corrected chi connectivity index (χ4v) is 3.73. The summed E-state index contributed by atoms with van der Waals surface area (Å²) in [5, 5.41) is 12.8. The van der Waals surface area contributed by atoms with E-state index in [1.54, 1.807) is 48.5 Å². The molecule has 0 radical (unpaired) electrons.